The standard InChI is InChI=1S/C28H50O8.C26H42O8.C24H42O6/c1-7-11-30-20-33-25-14-26(34-21-31-12-8-2)16-27(15-25,35-22-32-13-9-3)19-28(17-25,18-26)36-23(29)24(5,6)10-4;1-10-23(8,9)18(27)30-24-11-17-12-25(14-24,33-19(28)31-21(2,3)4)16-26(13-17,15-24)34-20(29)32-22(5,6)7;1-6-9-26-17-28-22-11-19-12-23(14-22,29-18-27-10-7-2)16-24(13-19,15-22)30-20(25)21(4,5)8-3/h7-22H2,1-6H3;17H,10-16H2,1-9H3;19H,6-18H2,1-5H3. The minimum atomic E-state index is -0.944. The second-order valence-corrected chi connectivity index (χ2v) is 35.8. The van der Waals surface area contributed by atoms with Crippen molar-refractivity contribution in [3.63, 3.8) is 0 Å². The summed E-state index contributed by atoms with van der Waals surface area (Å²) in [6.45, 7) is 43.0. The van der Waals surface area contributed by atoms with Crippen LogP contribution in [0.2, 0.25) is 0 Å². The third-order valence-electron chi connectivity index (χ3n) is 22.3. The van der Waals surface area contributed by atoms with Crippen LogP contribution in [0, 0.1) is 28.1 Å². The molecule has 0 amide bonds. The maximum atomic E-state index is 13.4. The average molecular weight is 1420 g/mol. The molecule has 0 aromatic carbocycles. The summed E-state index contributed by atoms with van der Waals surface area (Å²) in [6.07, 6.45) is 17.3. The van der Waals surface area contributed by atoms with E-state index >= 15 is 0 Å². The molecule has 0 aliphatic heterocycles. The lowest BCUT2D eigenvalue weighted by atomic mass is 9.48. The molecule has 578 valence electrons. The number of hydrogen-bond acceptors (Lipinski definition) is 22. The Labute approximate surface area is 600 Å². The van der Waals surface area contributed by atoms with Crippen molar-refractivity contribution in [1.29, 1.82) is 0 Å². The number of carbonyl (C=O) groups excluding carboxylic acids is 5. The van der Waals surface area contributed by atoms with E-state index in [-0.39, 0.29) is 69.0 Å². The summed E-state index contributed by atoms with van der Waals surface area (Å²) in [7, 11) is 0. The van der Waals surface area contributed by atoms with Gasteiger partial charge in [-0.2, -0.15) is 0 Å². The Kier molecular flexibility index (Phi) is 27.8. The van der Waals surface area contributed by atoms with Crippen LogP contribution in [0.1, 0.15) is 305 Å². The molecule has 0 radical (unpaired) electrons. The molecule has 22 heteroatoms. The first-order chi connectivity index (χ1) is 46.6. The molecule has 0 heterocycles. The maximum Gasteiger partial charge on any atom is 0.509 e. The summed E-state index contributed by atoms with van der Waals surface area (Å²) in [5, 5.41) is 0. The van der Waals surface area contributed by atoms with Crippen molar-refractivity contribution in [1.82, 2.24) is 0 Å². The second-order valence-electron chi connectivity index (χ2n) is 35.8. The van der Waals surface area contributed by atoms with Crippen LogP contribution in [0.15, 0.2) is 0 Å². The number of carbonyl (C=O) groups is 5. The van der Waals surface area contributed by atoms with Gasteiger partial charge in [-0.1, -0.05) is 55.4 Å². The molecule has 0 spiro atoms. The van der Waals surface area contributed by atoms with Crippen LogP contribution in [-0.4, -0.2) is 164 Å². The Morgan fingerprint density at radius 1 is 0.280 bits per heavy atom. The zero-order valence-corrected chi connectivity index (χ0v) is 65.6. The van der Waals surface area contributed by atoms with E-state index < -0.39 is 84.6 Å². The fourth-order valence-corrected chi connectivity index (χ4v) is 18.2. The molecule has 100 heavy (non-hydrogen) atoms. The monoisotopic (exact) mass is 1420 g/mol. The first kappa shape index (κ1) is 83.8. The molecular weight excluding hydrogens is 1290 g/mol. The van der Waals surface area contributed by atoms with Gasteiger partial charge >= 0.3 is 30.2 Å². The van der Waals surface area contributed by atoms with Crippen molar-refractivity contribution in [3.8, 4) is 0 Å². The number of ether oxygens (including phenoxy) is 17. The van der Waals surface area contributed by atoms with Crippen molar-refractivity contribution in [2.45, 2.75) is 373 Å². The summed E-state index contributed by atoms with van der Waals surface area (Å²) in [6, 6.07) is 0. The van der Waals surface area contributed by atoms with Gasteiger partial charge < -0.3 is 80.5 Å². The Morgan fingerprint density at radius 3 is 0.730 bits per heavy atom. The highest BCUT2D eigenvalue weighted by Crippen LogP contribution is 2.68. The van der Waals surface area contributed by atoms with E-state index in [9.17, 15) is 24.0 Å². The van der Waals surface area contributed by atoms with Gasteiger partial charge in [0.2, 0.25) is 0 Å². The van der Waals surface area contributed by atoms with E-state index in [2.05, 4.69) is 34.6 Å². The van der Waals surface area contributed by atoms with Crippen LogP contribution in [0.3, 0.4) is 0 Å². The van der Waals surface area contributed by atoms with Gasteiger partial charge in [-0.3, -0.25) is 14.4 Å². The molecule has 12 aliphatic rings. The number of rotatable bonds is 36. The second kappa shape index (κ2) is 33.1. The molecule has 12 aliphatic carbocycles. The Morgan fingerprint density at radius 2 is 0.480 bits per heavy atom. The molecule has 12 saturated carbocycles. The molecular formula is C78H134O22. The van der Waals surface area contributed by atoms with E-state index in [1.165, 1.54) is 0 Å². The van der Waals surface area contributed by atoms with E-state index in [1.54, 1.807) is 41.5 Å². The Hall–Kier alpha value is -3.45. The molecule has 0 aromatic heterocycles. The summed E-state index contributed by atoms with van der Waals surface area (Å²) in [5.74, 6) is -0.0904. The van der Waals surface area contributed by atoms with Gasteiger partial charge in [-0.15, -0.1) is 0 Å². The SMILES string of the molecule is CCC(C)(C)C(=O)OC12CC3CC(OC(=O)OC(C)(C)C)(CC(OC(=O)OC(C)(C)C)(C3)C1)C2.CCCOCOC12CC3(OCOCCC)CC(OCOCCC)(C1)CC(OC(=O)C(C)(C)CC)(C2)C3.CCCOCOC12CC3CC(OCOCCC)(C1)CC(OC(=O)C(C)(C)CC)(C3)C2. The quantitative estimate of drug-likeness (QED) is 0.0245. The summed E-state index contributed by atoms with van der Waals surface area (Å²) in [4.78, 5) is 64.9. The van der Waals surface area contributed by atoms with Crippen molar-refractivity contribution >= 4 is 30.2 Å². The predicted octanol–water partition coefficient (Wildman–Crippen LogP) is 16.6. The largest absolute Gasteiger partial charge is 0.509 e. The van der Waals surface area contributed by atoms with E-state index in [0.29, 0.717) is 129 Å². The third kappa shape index (κ3) is 21.6. The summed E-state index contributed by atoms with van der Waals surface area (Å²) in [5.41, 5.74) is -9.58. The van der Waals surface area contributed by atoms with Gasteiger partial charge in [0, 0.05) is 110 Å². The van der Waals surface area contributed by atoms with Gasteiger partial charge in [-0.05, 0) is 185 Å². The van der Waals surface area contributed by atoms with Crippen LogP contribution in [0.5, 0.6) is 0 Å². The number of esters is 3. The van der Waals surface area contributed by atoms with Gasteiger partial charge in [0.15, 0.2) is 0 Å². The summed E-state index contributed by atoms with van der Waals surface area (Å²) < 4.78 is 103. The maximum absolute atomic E-state index is 13.4. The molecule has 0 N–H and O–H groups in total. The average Bonchev–Trinajstić information content (AvgIpc) is 0.692. The lowest BCUT2D eigenvalue weighted by molar-refractivity contribution is -0.352. The highest BCUT2D eigenvalue weighted by atomic mass is 16.8. The third-order valence-corrected chi connectivity index (χ3v) is 22.3. The highest BCUT2D eigenvalue weighted by Gasteiger charge is 2.74. The molecule has 12 bridgehead atoms. The van der Waals surface area contributed by atoms with Crippen molar-refractivity contribution < 1.29 is 104 Å². The molecule has 4 atom stereocenters. The topological polar surface area (TPSA) is 242 Å². The molecule has 22 nitrogen and oxygen atoms in total. The minimum absolute atomic E-state index is 0.0682. The summed E-state index contributed by atoms with van der Waals surface area (Å²) >= 11 is 0. The Bertz CT molecular complexity index is 2540. The van der Waals surface area contributed by atoms with E-state index in [4.69, 9.17) is 80.5 Å². The van der Waals surface area contributed by atoms with Crippen molar-refractivity contribution in [3.05, 3.63) is 0 Å². The lowest BCUT2D eigenvalue weighted by Crippen LogP contribution is -2.74. The zero-order chi connectivity index (χ0) is 74.0. The predicted molar refractivity (Wildman–Crippen MR) is 374 cm³/mol. The normalized spacial score (nSPS) is 33.6. The fraction of sp³-hybridized carbons (Fsp3) is 0.936. The van der Waals surface area contributed by atoms with Crippen LogP contribution in [-0.2, 0) is 94.9 Å². The smallest absolute Gasteiger partial charge is 0.458 e. The van der Waals surface area contributed by atoms with Crippen LogP contribution >= 0.6 is 0 Å². The van der Waals surface area contributed by atoms with Crippen LogP contribution in [0.4, 0.5) is 9.59 Å². The van der Waals surface area contributed by atoms with Crippen LogP contribution < -0.4 is 0 Å². The number of hydrogen-bond donors (Lipinski definition) is 0. The van der Waals surface area contributed by atoms with E-state index in [0.717, 1.165) is 77.0 Å². The first-order valence-electron chi connectivity index (χ1n) is 38.3. The van der Waals surface area contributed by atoms with Gasteiger partial charge in [0.25, 0.3) is 0 Å². The highest BCUT2D eigenvalue weighted by molar-refractivity contribution is 5.77. The van der Waals surface area contributed by atoms with Gasteiger partial charge in [0.05, 0.1) is 44.3 Å². The Balaban J connectivity index is 0.000000212. The van der Waals surface area contributed by atoms with Crippen molar-refractivity contribution in [2.24, 2.45) is 28.1 Å². The van der Waals surface area contributed by atoms with E-state index in [1.807, 2.05) is 62.3 Å². The van der Waals surface area contributed by atoms with Gasteiger partial charge in [0.1, 0.15) is 73.2 Å². The van der Waals surface area contributed by atoms with Crippen LogP contribution in [0.25, 0.3) is 0 Å². The minimum Gasteiger partial charge on any atom is -0.458 e. The molecule has 12 rings (SSSR count). The fourth-order valence-electron chi connectivity index (χ4n) is 18.2. The molecule has 0 aromatic rings. The molecule has 0 saturated heterocycles. The molecule has 12 fully saturated rings. The zero-order valence-electron chi connectivity index (χ0n) is 65.6. The first-order valence-corrected chi connectivity index (χ1v) is 38.3. The lowest BCUT2D eigenvalue weighted by Gasteiger charge is -2.68. The molecule has 4 unspecified atom stereocenters. The van der Waals surface area contributed by atoms with Crippen molar-refractivity contribution in [2.75, 3.05) is 67.0 Å². The van der Waals surface area contributed by atoms with Gasteiger partial charge in [-0.25, -0.2) is 9.59 Å².